The molecule has 0 spiro atoms. The minimum absolute atomic E-state index is 0.212. The molecule has 2 heteroatoms. The second-order valence-corrected chi connectivity index (χ2v) is 4.18. The summed E-state index contributed by atoms with van der Waals surface area (Å²) in [5.41, 5.74) is 0.341. The molecular formula is C16H20O2. The van der Waals surface area contributed by atoms with E-state index in [1.807, 2.05) is 37.3 Å². The summed E-state index contributed by atoms with van der Waals surface area (Å²) in [4.78, 5) is 12.3. The Morgan fingerprint density at radius 2 is 1.94 bits per heavy atom. The van der Waals surface area contributed by atoms with Gasteiger partial charge in [0, 0.05) is 0 Å². The summed E-state index contributed by atoms with van der Waals surface area (Å²) in [7, 11) is 0. The third-order valence-electron chi connectivity index (χ3n) is 3.15. The maximum absolute atomic E-state index is 12.3. The highest BCUT2D eigenvalue weighted by Gasteiger charge is 2.38. The first-order chi connectivity index (χ1) is 8.71. The van der Waals surface area contributed by atoms with Crippen LogP contribution in [0.2, 0.25) is 0 Å². The lowest BCUT2D eigenvalue weighted by molar-refractivity contribution is -0.149. The molecule has 1 aromatic carbocycles. The van der Waals surface area contributed by atoms with E-state index >= 15 is 0 Å². The summed E-state index contributed by atoms with van der Waals surface area (Å²) in [5, 5.41) is 0. The Hall–Kier alpha value is -1.83. The average molecular weight is 244 g/mol. The molecule has 0 saturated carbocycles. The quantitative estimate of drug-likeness (QED) is 0.540. The number of hydrogen-bond acceptors (Lipinski definition) is 2. The molecule has 0 aliphatic heterocycles. The number of rotatable bonds is 7. The minimum atomic E-state index is -0.633. The van der Waals surface area contributed by atoms with Crippen LogP contribution in [-0.2, 0) is 14.9 Å². The van der Waals surface area contributed by atoms with Gasteiger partial charge in [0.05, 0.1) is 5.41 Å². The molecule has 1 atom stereocenters. The Morgan fingerprint density at radius 1 is 1.28 bits per heavy atom. The Labute approximate surface area is 109 Å². The molecule has 1 rings (SSSR count). The van der Waals surface area contributed by atoms with Crippen LogP contribution in [-0.4, -0.2) is 12.6 Å². The van der Waals surface area contributed by atoms with Crippen molar-refractivity contribution in [3.8, 4) is 0 Å². The van der Waals surface area contributed by atoms with E-state index in [0.29, 0.717) is 12.8 Å². The highest BCUT2D eigenvalue weighted by molar-refractivity contribution is 5.83. The van der Waals surface area contributed by atoms with Crippen LogP contribution in [0.4, 0.5) is 0 Å². The number of carbonyl (C=O) groups is 1. The van der Waals surface area contributed by atoms with Gasteiger partial charge in [-0.05, 0) is 18.4 Å². The number of carbonyl (C=O) groups excluding carboxylic acids is 1. The zero-order valence-electron chi connectivity index (χ0n) is 10.9. The average Bonchev–Trinajstić information content (AvgIpc) is 2.43. The van der Waals surface area contributed by atoms with Crippen molar-refractivity contribution in [2.24, 2.45) is 0 Å². The SMILES string of the molecule is C=CCOC(=O)C(CC)(CC=C)c1ccccc1. The van der Waals surface area contributed by atoms with Crippen LogP contribution in [0.3, 0.4) is 0 Å². The Balaban J connectivity index is 3.12. The summed E-state index contributed by atoms with van der Waals surface area (Å²) in [6, 6.07) is 9.73. The smallest absolute Gasteiger partial charge is 0.317 e. The zero-order chi connectivity index (χ0) is 13.4. The van der Waals surface area contributed by atoms with Crippen molar-refractivity contribution in [2.75, 3.05) is 6.61 Å². The Morgan fingerprint density at radius 3 is 2.44 bits per heavy atom. The second-order valence-electron chi connectivity index (χ2n) is 4.18. The van der Waals surface area contributed by atoms with Gasteiger partial charge in [-0.1, -0.05) is 56.0 Å². The molecule has 1 aromatic rings. The standard InChI is InChI=1S/C16H20O2/c1-4-12-16(6-3,15(17)18-13-5-2)14-10-8-7-9-11-14/h4-5,7-11H,1-2,6,12-13H2,3H3. The molecule has 0 amide bonds. The molecule has 1 unspecified atom stereocenters. The van der Waals surface area contributed by atoms with Gasteiger partial charge in [0.1, 0.15) is 6.61 Å². The second kappa shape index (κ2) is 6.80. The first-order valence-corrected chi connectivity index (χ1v) is 6.15. The summed E-state index contributed by atoms with van der Waals surface area (Å²) in [5.74, 6) is -0.212. The van der Waals surface area contributed by atoms with Crippen molar-refractivity contribution in [2.45, 2.75) is 25.2 Å². The van der Waals surface area contributed by atoms with Crippen molar-refractivity contribution in [3.05, 3.63) is 61.2 Å². The maximum atomic E-state index is 12.3. The molecular weight excluding hydrogens is 224 g/mol. The molecule has 0 aliphatic rings. The number of benzene rings is 1. The van der Waals surface area contributed by atoms with E-state index in [4.69, 9.17) is 4.74 Å². The van der Waals surface area contributed by atoms with Crippen LogP contribution in [0.25, 0.3) is 0 Å². The van der Waals surface area contributed by atoms with Crippen LogP contribution < -0.4 is 0 Å². The van der Waals surface area contributed by atoms with Crippen LogP contribution in [0.15, 0.2) is 55.6 Å². The van der Waals surface area contributed by atoms with Crippen LogP contribution >= 0.6 is 0 Å². The van der Waals surface area contributed by atoms with Gasteiger partial charge in [0.15, 0.2) is 0 Å². The molecule has 0 saturated heterocycles. The summed E-state index contributed by atoms with van der Waals surface area (Å²) in [6.45, 7) is 9.55. The van der Waals surface area contributed by atoms with Crippen molar-refractivity contribution >= 4 is 5.97 Å². The molecule has 96 valence electrons. The van der Waals surface area contributed by atoms with Crippen molar-refractivity contribution in [3.63, 3.8) is 0 Å². The van der Waals surface area contributed by atoms with Crippen molar-refractivity contribution in [1.82, 2.24) is 0 Å². The lowest BCUT2D eigenvalue weighted by Gasteiger charge is -2.29. The molecule has 0 aliphatic carbocycles. The molecule has 0 radical (unpaired) electrons. The topological polar surface area (TPSA) is 26.3 Å². The van der Waals surface area contributed by atoms with Gasteiger partial charge in [-0.2, -0.15) is 0 Å². The fraction of sp³-hybridized carbons (Fsp3) is 0.312. The van der Waals surface area contributed by atoms with Gasteiger partial charge in [-0.15, -0.1) is 6.58 Å². The fourth-order valence-corrected chi connectivity index (χ4v) is 2.09. The van der Waals surface area contributed by atoms with Crippen LogP contribution in [0, 0.1) is 0 Å². The van der Waals surface area contributed by atoms with E-state index in [1.54, 1.807) is 12.2 Å². The van der Waals surface area contributed by atoms with Gasteiger partial charge < -0.3 is 4.74 Å². The lowest BCUT2D eigenvalue weighted by atomic mass is 9.75. The van der Waals surface area contributed by atoms with Crippen LogP contribution in [0.1, 0.15) is 25.3 Å². The molecule has 2 nitrogen and oxygen atoms in total. The van der Waals surface area contributed by atoms with Gasteiger partial charge in [-0.3, -0.25) is 4.79 Å². The molecule has 0 heterocycles. The van der Waals surface area contributed by atoms with E-state index in [2.05, 4.69) is 13.2 Å². The van der Waals surface area contributed by atoms with E-state index in [0.717, 1.165) is 5.56 Å². The summed E-state index contributed by atoms with van der Waals surface area (Å²) >= 11 is 0. The third kappa shape index (κ3) is 2.89. The predicted octanol–water partition coefficient (Wildman–Crippen LogP) is 3.64. The molecule has 0 aromatic heterocycles. The monoisotopic (exact) mass is 244 g/mol. The molecule has 0 fully saturated rings. The van der Waals surface area contributed by atoms with E-state index in [1.165, 1.54) is 0 Å². The van der Waals surface area contributed by atoms with Gasteiger partial charge >= 0.3 is 5.97 Å². The zero-order valence-corrected chi connectivity index (χ0v) is 10.9. The summed E-state index contributed by atoms with van der Waals surface area (Å²) in [6.07, 6.45) is 4.60. The first kappa shape index (κ1) is 14.2. The van der Waals surface area contributed by atoms with Gasteiger partial charge in [0.25, 0.3) is 0 Å². The maximum Gasteiger partial charge on any atom is 0.317 e. The number of hydrogen-bond donors (Lipinski definition) is 0. The van der Waals surface area contributed by atoms with E-state index < -0.39 is 5.41 Å². The van der Waals surface area contributed by atoms with Gasteiger partial charge in [0.2, 0.25) is 0 Å². The van der Waals surface area contributed by atoms with Crippen molar-refractivity contribution in [1.29, 1.82) is 0 Å². The number of allylic oxidation sites excluding steroid dienone is 1. The lowest BCUT2D eigenvalue weighted by Crippen LogP contribution is -2.36. The molecule has 0 bridgehead atoms. The first-order valence-electron chi connectivity index (χ1n) is 6.15. The number of esters is 1. The van der Waals surface area contributed by atoms with Crippen molar-refractivity contribution < 1.29 is 9.53 Å². The highest BCUT2D eigenvalue weighted by Crippen LogP contribution is 2.33. The number of ether oxygens (including phenoxy) is 1. The largest absolute Gasteiger partial charge is 0.461 e. The highest BCUT2D eigenvalue weighted by atomic mass is 16.5. The minimum Gasteiger partial charge on any atom is -0.461 e. The normalized spacial score (nSPS) is 13.4. The Bertz CT molecular complexity index is 408. The molecule has 0 N–H and O–H groups in total. The third-order valence-corrected chi connectivity index (χ3v) is 3.15. The van der Waals surface area contributed by atoms with Gasteiger partial charge in [-0.25, -0.2) is 0 Å². The Kier molecular flexibility index (Phi) is 5.37. The fourth-order valence-electron chi connectivity index (χ4n) is 2.09. The van der Waals surface area contributed by atoms with E-state index in [9.17, 15) is 4.79 Å². The van der Waals surface area contributed by atoms with E-state index in [-0.39, 0.29) is 12.6 Å². The predicted molar refractivity (Wildman–Crippen MR) is 74.4 cm³/mol. The summed E-state index contributed by atoms with van der Waals surface area (Å²) < 4.78 is 5.25. The van der Waals surface area contributed by atoms with Crippen LogP contribution in [0.5, 0.6) is 0 Å². The molecule has 18 heavy (non-hydrogen) atoms.